The normalized spacial score (nSPS) is 19.2. The van der Waals surface area contributed by atoms with E-state index in [1.807, 2.05) is 0 Å². The number of amides is 1. The molecule has 0 bridgehead atoms. The molecule has 0 unspecified atom stereocenters. The quantitative estimate of drug-likeness (QED) is 0.724. The second kappa shape index (κ2) is 5.84. The Hall–Kier alpha value is -2.41. The second-order valence-corrected chi connectivity index (χ2v) is 7.13. The highest BCUT2D eigenvalue weighted by Crippen LogP contribution is 2.37. The molecule has 1 amide bonds. The van der Waals surface area contributed by atoms with Crippen molar-refractivity contribution in [2.45, 2.75) is 19.5 Å². The molecule has 2 atom stereocenters. The van der Waals surface area contributed by atoms with E-state index in [9.17, 15) is 18.0 Å². The average molecular weight is 362 g/mol. The van der Waals surface area contributed by atoms with Crippen LogP contribution in [-0.4, -0.2) is 17.1 Å². The summed E-state index contributed by atoms with van der Waals surface area (Å²) in [5.41, 5.74) is 1.54. The van der Waals surface area contributed by atoms with Crippen LogP contribution in [0.4, 0.5) is 18.3 Å². The number of nitrogens with zero attached hydrogens (tertiary/aromatic N) is 1. The summed E-state index contributed by atoms with van der Waals surface area (Å²) in [6.07, 6.45) is -0.899. The molecule has 1 aliphatic rings. The zero-order valence-corrected chi connectivity index (χ0v) is 14.0. The van der Waals surface area contributed by atoms with Crippen molar-refractivity contribution in [2.75, 3.05) is 5.32 Å². The number of anilines is 1. The average Bonchev–Trinajstić information content (AvgIpc) is 3.13. The molecule has 0 saturated heterocycles. The first-order chi connectivity index (χ1) is 11.9. The van der Waals surface area contributed by atoms with Crippen LogP contribution >= 0.6 is 11.3 Å². The van der Waals surface area contributed by atoms with Crippen molar-refractivity contribution in [1.82, 2.24) is 4.98 Å². The fourth-order valence-electron chi connectivity index (χ4n) is 2.82. The Morgan fingerprint density at radius 3 is 2.72 bits per heavy atom. The van der Waals surface area contributed by atoms with Crippen molar-refractivity contribution >= 4 is 32.6 Å². The molecule has 3 nitrogen and oxygen atoms in total. The number of halogens is 3. The summed E-state index contributed by atoms with van der Waals surface area (Å²) in [6.45, 7) is 1.75. The highest BCUT2D eigenvalue weighted by Gasteiger charge is 2.43. The van der Waals surface area contributed by atoms with Gasteiger partial charge in [0, 0.05) is 5.56 Å². The number of aromatic nitrogens is 1. The molecule has 0 aliphatic heterocycles. The van der Waals surface area contributed by atoms with Gasteiger partial charge in [-0.2, -0.15) is 0 Å². The molecule has 3 aromatic rings. The minimum absolute atomic E-state index is 0.102. The van der Waals surface area contributed by atoms with Gasteiger partial charge >= 0.3 is 0 Å². The lowest BCUT2D eigenvalue weighted by Gasteiger charge is -2.07. The maximum Gasteiger partial charge on any atom is 0.232 e. The molecule has 1 saturated carbocycles. The van der Waals surface area contributed by atoms with Crippen LogP contribution in [0.3, 0.4) is 0 Å². The molecule has 0 radical (unpaired) electrons. The van der Waals surface area contributed by atoms with Gasteiger partial charge in [-0.25, -0.2) is 18.2 Å². The van der Waals surface area contributed by atoms with Gasteiger partial charge in [-0.05, 0) is 42.7 Å². The minimum atomic E-state index is -1.11. The Labute approximate surface area is 145 Å². The van der Waals surface area contributed by atoms with Crippen LogP contribution < -0.4 is 5.32 Å². The van der Waals surface area contributed by atoms with Crippen LogP contribution in [0.15, 0.2) is 30.3 Å². The van der Waals surface area contributed by atoms with Gasteiger partial charge in [-0.15, -0.1) is 0 Å². The van der Waals surface area contributed by atoms with Crippen LogP contribution in [0, 0.1) is 24.5 Å². The molecule has 4 rings (SSSR count). The van der Waals surface area contributed by atoms with E-state index in [1.165, 1.54) is 12.1 Å². The SMILES string of the molecule is Cc1cccc(F)c1-c1cc(F)c2nc(NC(=O)[C@@H]3C[C@@H]3F)sc2c1. The van der Waals surface area contributed by atoms with Gasteiger partial charge in [0.25, 0.3) is 0 Å². The van der Waals surface area contributed by atoms with Crippen molar-refractivity contribution in [3.05, 3.63) is 47.5 Å². The van der Waals surface area contributed by atoms with Crippen molar-refractivity contribution in [3.63, 3.8) is 0 Å². The Morgan fingerprint density at radius 2 is 2.04 bits per heavy atom. The third-order valence-electron chi connectivity index (χ3n) is 4.24. The van der Waals surface area contributed by atoms with Gasteiger partial charge in [0.1, 0.15) is 17.5 Å². The summed E-state index contributed by atoms with van der Waals surface area (Å²) in [7, 11) is 0. The molecule has 1 fully saturated rings. The van der Waals surface area contributed by atoms with Gasteiger partial charge in [-0.3, -0.25) is 4.79 Å². The van der Waals surface area contributed by atoms with Gasteiger partial charge in [0.15, 0.2) is 10.9 Å². The number of thiazole rings is 1. The lowest BCUT2D eigenvalue weighted by atomic mass is 10.00. The summed E-state index contributed by atoms with van der Waals surface area (Å²) >= 11 is 1.08. The third-order valence-corrected chi connectivity index (χ3v) is 5.16. The van der Waals surface area contributed by atoms with Crippen molar-refractivity contribution < 1.29 is 18.0 Å². The van der Waals surface area contributed by atoms with Crippen LogP contribution in [0.2, 0.25) is 0 Å². The monoisotopic (exact) mass is 362 g/mol. The molecular weight excluding hydrogens is 349 g/mol. The van der Waals surface area contributed by atoms with E-state index in [-0.39, 0.29) is 17.1 Å². The Balaban J connectivity index is 1.73. The number of carbonyl (C=O) groups excluding carboxylic acids is 1. The second-order valence-electron chi connectivity index (χ2n) is 6.10. The van der Waals surface area contributed by atoms with Crippen LogP contribution in [0.5, 0.6) is 0 Å². The first-order valence-corrected chi connectivity index (χ1v) is 8.56. The number of aryl methyl sites for hydroxylation is 1. The van der Waals surface area contributed by atoms with Gasteiger partial charge < -0.3 is 5.32 Å². The molecule has 1 heterocycles. The van der Waals surface area contributed by atoms with E-state index in [0.29, 0.717) is 21.4 Å². The standard InChI is InChI=1S/C18H13F3N2OS/c1-8-3-2-4-11(19)15(8)9-5-13(21)16-14(6-9)25-18(22-16)23-17(24)10-7-12(10)20/h2-6,10,12H,7H2,1H3,(H,22,23,24)/t10-,12+/m1/s1. The Bertz CT molecular complexity index is 981. The molecule has 1 aromatic heterocycles. The number of hydrogen-bond acceptors (Lipinski definition) is 3. The van der Waals surface area contributed by atoms with E-state index in [2.05, 4.69) is 10.3 Å². The first kappa shape index (κ1) is 16.1. The van der Waals surface area contributed by atoms with Crippen LogP contribution in [-0.2, 0) is 4.79 Å². The molecule has 2 aromatic carbocycles. The molecule has 25 heavy (non-hydrogen) atoms. The predicted molar refractivity (Wildman–Crippen MR) is 91.3 cm³/mol. The molecule has 1 N–H and O–H groups in total. The summed E-state index contributed by atoms with van der Waals surface area (Å²) in [5, 5.41) is 2.73. The predicted octanol–water partition coefficient (Wildman–Crippen LogP) is 4.85. The van der Waals surface area contributed by atoms with Crippen molar-refractivity contribution in [3.8, 4) is 11.1 Å². The zero-order chi connectivity index (χ0) is 17.7. The lowest BCUT2D eigenvalue weighted by molar-refractivity contribution is -0.117. The first-order valence-electron chi connectivity index (χ1n) is 7.74. The van der Waals surface area contributed by atoms with E-state index in [4.69, 9.17) is 0 Å². The number of alkyl halides is 1. The third kappa shape index (κ3) is 2.89. The lowest BCUT2D eigenvalue weighted by Crippen LogP contribution is -2.14. The molecule has 0 spiro atoms. The Kier molecular flexibility index (Phi) is 3.76. The van der Waals surface area contributed by atoms with Crippen LogP contribution in [0.25, 0.3) is 21.3 Å². The molecular formula is C18H13F3N2OS. The highest BCUT2D eigenvalue weighted by atomic mass is 32.1. The van der Waals surface area contributed by atoms with Gasteiger partial charge in [0.05, 0.1) is 10.6 Å². The fraction of sp³-hybridized carbons (Fsp3) is 0.222. The highest BCUT2D eigenvalue weighted by molar-refractivity contribution is 7.22. The number of carbonyl (C=O) groups is 1. The largest absolute Gasteiger partial charge is 0.302 e. The summed E-state index contributed by atoms with van der Waals surface area (Å²) in [6, 6.07) is 7.55. The number of nitrogens with one attached hydrogen (secondary N) is 1. The van der Waals surface area contributed by atoms with E-state index < -0.39 is 29.6 Å². The maximum atomic E-state index is 14.4. The fourth-order valence-corrected chi connectivity index (χ4v) is 3.74. The van der Waals surface area contributed by atoms with Crippen LogP contribution in [0.1, 0.15) is 12.0 Å². The van der Waals surface area contributed by atoms with E-state index in [0.717, 1.165) is 11.3 Å². The van der Waals surface area contributed by atoms with E-state index >= 15 is 0 Å². The summed E-state index contributed by atoms with van der Waals surface area (Å²) in [5.74, 6) is -2.12. The summed E-state index contributed by atoms with van der Waals surface area (Å²) < 4.78 is 42.0. The minimum Gasteiger partial charge on any atom is -0.302 e. The summed E-state index contributed by atoms with van der Waals surface area (Å²) in [4.78, 5) is 15.9. The van der Waals surface area contributed by atoms with Gasteiger partial charge in [-0.1, -0.05) is 23.5 Å². The number of fused-ring (bicyclic) bond motifs is 1. The van der Waals surface area contributed by atoms with Crippen molar-refractivity contribution in [2.24, 2.45) is 5.92 Å². The number of hydrogen-bond donors (Lipinski definition) is 1. The molecule has 1 aliphatic carbocycles. The zero-order valence-electron chi connectivity index (χ0n) is 13.1. The maximum absolute atomic E-state index is 14.4. The Morgan fingerprint density at radius 1 is 1.28 bits per heavy atom. The topological polar surface area (TPSA) is 42.0 Å². The number of rotatable bonds is 3. The smallest absolute Gasteiger partial charge is 0.232 e. The van der Waals surface area contributed by atoms with Gasteiger partial charge in [0.2, 0.25) is 5.91 Å². The van der Waals surface area contributed by atoms with E-state index in [1.54, 1.807) is 25.1 Å². The van der Waals surface area contributed by atoms with Crippen molar-refractivity contribution in [1.29, 1.82) is 0 Å². The molecule has 128 valence electrons. The number of benzene rings is 2. The molecule has 7 heteroatoms.